The molecule has 96 valence electrons. The van der Waals surface area contributed by atoms with Gasteiger partial charge in [-0.15, -0.1) is 0 Å². The highest BCUT2D eigenvalue weighted by Crippen LogP contribution is 2.19. The molecule has 0 aliphatic heterocycles. The predicted octanol–water partition coefficient (Wildman–Crippen LogP) is 3.51. The van der Waals surface area contributed by atoms with Crippen LogP contribution in [-0.4, -0.2) is 10.5 Å². The fourth-order valence-corrected chi connectivity index (χ4v) is 2.29. The molecular formula is C17H12N2O. The predicted molar refractivity (Wildman–Crippen MR) is 77.6 cm³/mol. The maximum Gasteiger partial charge on any atom is 0.262 e. The summed E-state index contributed by atoms with van der Waals surface area (Å²) in [6.45, 7) is 1.96. The molecule has 0 fully saturated rings. The highest BCUT2D eigenvalue weighted by atomic mass is 16.2. The van der Waals surface area contributed by atoms with E-state index in [1.165, 1.54) is 0 Å². The van der Waals surface area contributed by atoms with E-state index >= 15 is 0 Å². The monoisotopic (exact) mass is 260 g/mol. The van der Waals surface area contributed by atoms with E-state index in [0.29, 0.717) is 11.1 Å². The first-order chi connectivity index (χ1) is 9.69. The molecule has 0 radical (unpaired) electrons. The van der Waals surface area contributed by atoms with E-state index in [4.69, 9.17) is 5.26 Å². The number of rotatable bonds is 1. The van der Waals surface area contributed by atoms with Gasteiger partial charge in [-0.3, -0.25) is 9.36 Å². The molecule has 3 rings (SSSR count). The number of nitriles is 1. The van der Waals surface area contributed by atoms with Gasteiger partial charge in [0, 0.05) is 17.1 Å². The summed E-state index contributed by atoms with van der Waals surface area (Å²) in [7, 11) is 0. The van der Waals surface area contributed by atoms with E-state index in [1.807, 2.05) is 37.3 Å². The van der Waals surface area contributed by atoms with Gasteiger partial charge in [-0.2, -0.15) is 5.26 Å². The zero-order valence-corrected chi connectivity index (χ0v) is 11.0. The van der Waals surface area contributed by atoms with E-state index < -0.39 is 0 Å². The average Bonchev–Trinajstić information content (AvgIpc) is 2.89. The second-order valence-electron chi connectivity index (χ2n) is 4.75. The van der Waals surface area contributed by atoms with Crippen LogP contribution >= 0.6 is 0 Å². The molecule has 0 aliphatic rings. The molecule has 1 aromatic heterocycles. The number of benzene rings is 2. The summed E-state index contributed by atoms with van der Waals surface area (Å²) in [4.78, 5) is 12.6. The van der Waals surface area contributed by atoms with Gasteiger partial charge in [0.15, 0.2) is 0 Å². The van der Waals surface area contributed by atoms with Crippen LogP contribution in [0.3, 0.4) is 0 Å². The molecule has 3 nitrogen and oxygen atoms in total. The van der Waals surface area contributed by atoms with Crippen molar-refractivity contribution in [1.29, 1.82) is 5.26 Å². The van der Waals surface area contributed by atoms with Gasteiger partial charge in [-0.25, -0.2) is 0 Å². The minimum atomic E-state index is -0.0845. The van der Waals surface area contributed by atoms with Gasteiger partial charge in [-0.05, 0) is 37.3 Å². The highest BCUT2D eigenvalue weighted by molar-refractivity contribution is 6.02. The quantitative estimate of drug-likeness (QED) is 0.672. The first-order valence-corrected chi connectivity index (χ1v) is 6.31. The van der Waals surface area contributed by atoms with Gasteiger partial charge in [0.25, 0.3) is 5.91 Å². The third-order valence-corrected chi connectivity index (χ3v) is 3.31. The second kappa shape index (κ2) is 4.67. The van der Waals surface area contributed by atoms with Crippen molar-refractivity contribution < 1.29 is 4.79 Å². The zero-order valence-electron chi connectivity index (χ0n) is 11.0. The first kappa shape index (κ1) is 12.2. The van der Waals surface area contributed by atoms with Gasteiger partial charge in [0.2, 0.25) is 0 Å². The summed E-state index contributed by atoms with van der Waals surface area (Å²) >= 11 is 0. The lowest BCUT2D eigenvalue weighted by Gasteiger charge is -2.05. The normalized spacial score (nSPS) is 10.4. The highest BCUT2D eigenvalue weighted by Gasteiger charge is 2.11. The molecule has 0 saturated carbocycles. The molecule has 0 spiro atoms. The SMILES string of the molecule is Cc1cccc(C(=O)n2ccc3ccc(C#N)cc32)c1. The Morgan fingerprint density at radius 1 is 1.15 bits per heavy atom. The Kier molecular flexibility index (Phi) is 2.85. The summed E-state index contributed by atoms with van der Waals surface area (Å²) in [6, 6.07) is 16.8. The molecule has 2 aromatic carbocycles. The van der Waals surface area contributed by atoms with E-state index in [9.17, 15) is 4.79 Å². The number of carbonyl (C=O) groups excluding carboxylic acids is 1. The van der Waals surface area contributed by atoms with E-state index in [-0.39, 0.29) is 5.91 Å². The first-order valence-electron chi connectivity index (χ1n) is 6.31. The van der Waals surface area contributed by atoms with E-state index in [0.717, 1.165) is 16.5 Å². The number of hydrogen-bond acceptors (Lipinski definition) is 2. The summed E-state index contributed by atoms with van der Waals surface area (Å²) in [5.41, 5.74) is 3.00. The van der Waals surface area contributed by atoms with Crippen molar-refractivity contribution in [2.75, 3.05) is 0 Å². The molecule has 0 aliphatic carbocycles. The zero-order chi connectivity index (χ0) is 14.1. The maximum absolute atomic E-state index is 12.6. The van der Waals surface area contributed by atoms with Crippen molar-refractivity contribution >= 4 is 16.8 Å². The van der Waals surface area contributed by atoms with Crippen LogP contribution in [0, 0.1) is 18.3 Å². The third-order valence-electron chi connectivity index (χ3n) is 3.31. The van der Waals surface area contributed by atoms with Crippen molar-refractivity contribution in [3.8, 4) is 6.07 Å². The van der Waals surface area contributed by atoms with Gasteiger partial charge in [-0.1, -0.05) is 23.8 Å². The van der Waals surface area contributed by atoms with Crippen LogP contribution in [0.5, 0.6) is 0 Å². The Morgan fingerprint density at radius 3 is 2.75 bits per heavy atom. The van der Waals surface area contributed by atoms with Gasteiger partial charge < -0.3 is 0 Å². The molecule has 1 heterocycles. The van der Waals surface area contributed by atoms with E-state index in [2.05, 4.69) is 6.07 Å². The number of hydrogen-bond donors (Lipinski definition) is 0. The molecule has 0 amide bonds. The number of aryl methyl sites for hydroxylation is 1. The summed E-state index contributed by atoms with van der Waals surface area (Å²) in [5, 5.41) is 9.92. The van der Waals surface area contributed by atoms with Crippen LogP contribution in [0.15, 0.2) is 54.7 Å². The molecule has 3 heteroatoms. The summed E-state index contributed by atoms with van der Waals surface area (Å²) in [6.07, 6.45) is 1.75. The van der Waals surface area contributed by atoms with E-state index in [1.54, 1.807) is 29.0 Å². The lowest BCUT2D eigenvalue weighted by molar-refractivity contribution is 0.0965. The Morgan fingerprint density at radius 2 is 2.00 bits per heavy atom. The fraction of sp³-hybridized carbons (Fsp3) is 0.0588. The molecule has 0 unspecified atom stereocenters. The third kappa shape index (κ3) is 1.98. The Labute approximate surface area is 116 Å². The molecular weight excluding hydrogens is 248 g/mol. The molecule has 0 N–H and O–H groups in total. The number of carbonyl (C=O) groups is 1. The van der Waals surface area contributed by atoms with Crippen molar-refractivity contribution in [3.63, 3.8) is 0 Å². The van der Waals surface area contributed by atoms with Gasteiger partial charge >= 0.3 is 0 Å². The smallest absolute Gasteiger partial charge is 0.262 e. The van der Waals surface area contributed by atoms with Crippen LogP contribution in [0.25, 0.3) is 10.9 Å². The Bertz CT molecular complexity index is 853. The van der Waals surface area contributed by atoms with Crippen LogP contribution < -0.4 is 0 Å². The molecule has 20 heavy (non-hydrogen) atoms. The topological polar surface area (TPSA) is 45.8 Å². The van der Waals surface area contributed by atoms with Gasteiger partial charge in [0.1, 0.15) is 0 Å². The lowest BCUT2D eigenvalue weighted by Crippen LogP contribution is -2.10. The minimum Gasteiger partial charge on any atom is -0.283 e. The fourth-order valence-electron chi connectivity index (χ4n) is 2.29. The standard InChI is InChI=1S/C17H12N2O/c1-12-3-2-4-15(9-12)17(20)19-8-7-14-6-5-13(11-18)10-16(14)19/h2-10H,1H3. The van der Waals surface area contributed by atoms with Crippen molar-refractivity contribution in [2.45, 2.75) is 6.92 Å². The molecule has 0 bridgehead atoms. The largest absolute Gasteiger partial charge is 0.283 e. The molecule has 3 aromatic rings. The summed E-state index contributed by atoms with van der Waals surface area (Å²) < 4.78 is 1.59. The second-order valence-corrected chi connectivity index (χ2v) is 4.75. The Balaban J connectivity index is 2.15. The van der Waals surface area contributed by atoms with Crippen LogP contribution in [-0.2, 0) is 0 Å². The average molecular weight is 260 g/mol. The molecule has 0 saturated heterocycles. The van der Waals surface area contributed by atoms with Crippen LogP contribution in [0.4, 0.5) is 0 Å². The number of nitrogens with zero attached hydrogens (tertiary/aromatic N) is 2. The minimum absolute atomic E-state index is 0.0845. The number of fused-ring (bicyclic) bond motifs is 1. The van der Waals surface area contributed by atoms with Crippen molar-refractivity contribution in [2.24, 2.45) is 0 Å². The summed E-state index contributed by atoms with van der Waals surface area (Å²) in [5.74, 6) is -0.0845. The molecule has 0 atom stereocenters. The lowest BCUT2D eigenvalue weighted by atomic mass is 10.1. The maximum atomic E-state index is 12.6. The van der Waals surface area contributed by atoms with Gasteiger partial charge in [0.05, 0.1) is 17.1 Å². The van der Waals surface area contributed by atoms with Crippen LogP contribution in [0.1, 0.15) is 21.5 Å². The van der Waals surface area contributed by atoms with Crippen molar-refractivity contribution in [3.05, 3.63) is 71.4 Å². The van der Waals surface area contributed by atoms with Crippen molar-refractivity contribution in [1.82, 2.24) is 4.57 Å². The Hall–Kier alpha value is -2.86. The van der Waals surface area contributed by atoms with Crippen LogP contribution in [0.2, 0.25) is 0 Å². The number of aromatic nitrogens is 1.